The molecule has 0 N–H and O–H groups in total. The Bertz CT molecular complexity index is 278. The van der Waals surface area contributed by atoms with Crippen LogP contribution in [0.2, 0.25) is 0 Å². The molecule has 5 heteroatoms. The van der Waals surface area contributed by atoms with Crippen LogP contribution in [0.4, 0.5) is 4.79 Å². The second-order valence-corrected chi connectivity index (χ2v) is 4.55. The predicted octanol–water partition coefficient (Wildman–Crippen LogP) is 0.611. The average molecular weight is 227 g/mol. The standard InChI is InChI=1S/C11H21N3O2/c1-9(15)14-7-5-6-10(8-14)13(4)11(16)12(2)3/h10H,5-8H2,1-4H3. The Morgan fingerprint density at radius 1 is 1.25 bits per heavy atom. The number of likely N-dealkylation sites (tertiary alicyclic amines) is 1. The Morgan fingerprint density at radius 2 is 1.88 bits per heavy atom. The number of nitrogens with zero attached hydrogens (tertiary/aromatic N) is 3. The van der Waals surface area contributed by atoms with Crippen LogP contribution in [0.3, 0.4) is 0 Å². The van der Waals surface area contributed by atoms with Gasteiger partial charge in [-0.05, 0) is 12.8 Å². The van der Waals surface area contributed by atoms with Crippen LogP contribution in [0.25, 0.3) is 0 Å². The van der Waals surface area contributed by atoms with Gasteiger partial charge in [-0.2, -0.15) is 0 Å². The van der Waals surface area contributed by atoms with Gasteiger partial charge in [-0.1, -0.05) is 0 Å². The minimum Gasteiger partial charge on any atom is -0.341 e. The number of piperidine rings is 1. The Balaban J connectivity index is 2.59. The number of hydrogen-bond donors (Lipinski definition) is 0. The number of rotatable bonds is 1. The van der Waals surface area contributed by atoms with Crippen LogP contribution in [0.1, 0.15) is 19.8 Å². The van der Waals surface area contributed by atoms with Crippen molar-refractivity contribution < 1.29 is 9.59 Å². The molecule has 3 amide bonds. The zero-order valence-electron chi connectivity index (χ0n) is 10.6. The van der Waals surface area contributed by atoms with Crippen molar-refractivity contribution in [3.8, 4) is 0 Å². The fourth-order valence-electron chi connectivity index (χ4n) is 2.03. The molecule has 5 nitrogen and oxygen atoms in total. The highest BCUT2D eigenvalue weighted by Crippen LogP contribution is 2.15. The molecule has 92 valence electrons. The normalized spacial score (nSPS) is 20.5. The molecule has 1 aliphatic rings. The van der Waals surface area contributed by atoms with Crippen molar-refractivity contribution in [1.29, 1.82) is 0 Å². The summed E-state index contributed by atoms with van der Waals surface area (Å²) in [5.74, 6) is 0.0930. The van der Waals surface area contributed by atoms with Crippen LogP contribution in [-0.4, -0.2) is 66.9 Å². The summed E-state index contributed by atoms with van der Waals surface area (Å²) in [6, 6.07) is 0.142. The lowest BCUT2D eigenvalue weighted by atomic mass is 10.0. The second kappa shape index (κ2) is 5.18. The van der Waals surface area contributed by atoms with Crippen molar-refractivity contribution in [3.63, 3.8) is 0 Å². The highest BCUT2D eigenvalue weighted by Gasteiger charge is 2.27. The van der Waals surface area contributed by atoms with Crippen LogP contribution < -0.4 is 0 Å². The Morgan fingerprint density at radius 3 is 2.38 bits per heavy atom. The summed E-state index contributed by atoms with van der Waals surface area (Å²) in [5, 5.41) is 0. The van der Waals surface area contributed by atoms with Crippen molar-refractivity contribution in [2.45, 2.75) is 25.8 Å². The average Bonchev–Trinajstić information content (AvgIpc) is 2.27. The van der Waals surface area contributed by atoms with Crippen LogP contribution in [0.15, 0.2) is 0 Å². The summed E-state index contributed by atoms with van der Waals surface area (Å²) in [7, 11) is 5.28. The first-order chi connectivity index (χ1) is 7.43. The Hall–Kier alpha value is -1.26. The van der Waals surface area contributed by atoms with Gasteiger partial charge in [-0.25, -0.2) is 4.79 Å². The number of urea groups is 1. The van der Waals surface area contributed by atoms with Crippen molar-refractivity contribution in [2.24, 2.45) is 0 Å². The van der Waals surface area contributed by atoms with E-state index in [1.54, 1.807) is 37.9 Å². The molecule has 1 aliphatic heterocycles. The molecule has 0 saturated carbocycles. The van der Waals surface area contributed by atoms with E-state index < -0.39 is 0 Å². The van der Waals surface area contributed by atoms with Crippen molar-refractivity contribution >= 4 is 11.9 Å². The number of carbonyl (C=O) groups excluding carboxylic acids is 2. The fourth-order valence-corrected chi connectivity index (χ4v) is 2.03. The Kier molecular flexibility index (Phi) is 4.15. The van der Waals surface area contributed by atoms with Gasteiger partial charge < -0.3 is 14.7 Å². The van der Waals surface area contributed by atoms with Gasteiger partial charge >= 0.3 is 6.03 Å². The highest BCUT2D eigenvalue weighted by atomic mass is 16.2. The fraction of sp³-hybridized carbons (Fsp3) is 0.818. The Labute approximate surface area is 97.0 Å². The topological polar surface area (TPSA) is 43.9 Å². The van der Waals surface area contributed by atoms with E-state index in [2.05, 4.69) is 0 Å². The van der Waals surface area contributed by atoms with Crippen molar-refractivity contribution in [1.82, 2.24) is 14.7 Å². The first-order valence-corrected chi connectivity index (χ1v) is 5.63. The van der Waals surface area contributed by atoms with Crippen LogP contribution >= 0.6 is 0 Å². The monoisotopic (exact) mass is 227 g/mol. The van der Waals surface area contributed by atoms with E-state index >= 15 is 0 Å². The number of likely N-dealkylation sites (N-methyl/N-ethyl adjacent to an activating group) is 1. The zero-order chi connectivity index (χ0) is 12.3. The minimum atomic E-state index is -0.00426. The third kappa shape index (κ3) is 2.87. The predicted molar refractivity (Wildman–Crippen MR) is 62.1 cm³/mol. The van der Waals surface area contributed by atoms with Gasteiger partial charge in [0.05, 0.1) is 6.04 Å². The molecule has 1 saturated heterocycles. The van der Waals surface area contributed by atoms with E-state index in [4.69, 9.17) is 0 Å². The molecule has 1 unspecified atom stereocenters. The summed E-state index contributed by atoms with van der Waals surface area (Å²) < 4.78 is 0. The quantitative estimate of drug-likeness (QED) is 0.659. The molecule has 1 rings (SSSR count). The molecule has 16 heavy (non-hydrogen) atoms. The summed E-state index contributed by atoms with van der Waals surface area (Å²) >= 11 is 0. The van der Waals surface area contributed by atoms with E-state index in [9.17, 15) is 9.59 Å². The first-order valence-electron chi connectivity index (χ1n) is 5.63. The molecule has 0 aliphatic carbocycles. The molecule has 1 atom stereocenters. The van der Waals surface area contributed by atoms with E-state index in [1.165, 1.54) is 0 Å². The van der Waals surface area contributed by atoms with Gasteiger partial charge in [-0.15, -0.1) is 0 Å². The summed E-state index contributed by atoms with van der Waals surface area (Å²) in [6.45, 7) is 3.05. The lowest BCUT2D eigenvalue weighted by Crippen LogP contribution is -2.51. The molecule has 0 spiro atoms. The maximum atomic E-state index is 11.8. The lowest BCUT2D eigenvalue weighted by molar-refractivity contribution is -0.130. The molecule has 0 aromatic heterocycles. The van der Waals surface area contributed by atoms with Crippen LogP contribution in [0, 0.1) is 0 Å². The van der Waals surface area contributed by atoms with E-state index in [-0.39, 0.29) is 18.0 Å². The number of hydrogen-bond acceptors (Lipinski definition) is 2. The molecular weight excluding hydrogens is 206 g/mol. The van der Waals surface area contributed by atoms with E-state index in [1.807, 2.05) is 4.90 Å². The third-order valence-corrected chi connectivity index (χ3v) is 3.07. The SMILES string of the molecule is CC(=O)N1CCCC(N(C)C(=O)N(C)C)C1. The molecular formula is C11H21N3O2. The molecule has 1 fully saturated rings. The highest BCUT2D eigenvalue weighted by molar-refractivity contribution is 5.75. The van der Waals surface area contributed by atoms with Crippen LogP contribution in [-0.2, 0) is 4.79 Å². The maximum Gasteiger partial charge on any atom is 0.319 e. The van der Waals surface area contributed by atoms with Crippen molar-refractivity contribution in [3.05, 3.63) is 0 Å². The van der Waals surface area contributed by atoms with Crippen molar-refractivity contribution in [2.75, 3.05) is 34.2 Å². The van der Waals surface area contributed by atoms with E-state index in [0.29, 0.717) is 6.54 Å². The molecule has 1 heterocycles. The second-order valence-electron chi connectivity index (χ2n) is 4.55. The van der Waals surface area contributed by atoms with Gasteiger partial charge in [0.1, 0.15) is 0 Å². The van der Waals surface area contributed by atoms with Gasteiger partial charge in [-0.3, -0.25) is 4.79 Å². The summed E-state index contributed by atoms with van der Waals surface area (Å²) in [5.41, 5.74) is 0. The number of carbonyl (C=O) groups is 2. The lowest BCUT2D eigenvalue weighted by Gasteiger charge is -2.38. The van der Waals surface area contributed by atoms with Crippen LogP contribution in [0.5, 0.6) is 0 Å². The minimum absolute atomic E-state index is 0.00426. The van der Waals surface area contributed by atoms with Gasteiger partial charge in [0.25, 0.3) is 0 Å². The molecule has 0 aromatic rings. The molecule has 0 aromatic carbocycles. The summed E-state index contributed by atoms with van der Waals surface area (Å²) in [4.78, 5) is 28.2. The maximum absolute atomic E-state index is 11.8. The molecule has 0 radical (unpaired) electrons. The number of amides is 3. The smallest absolute Gasteiger partial charge is 0.319 e. The molecule has 0 bridgehead atoms. The van der Waals surface area contributed by atoms with Gasteiger partial charge in [0.15, 0.2) is 0 Å². The van der Waals surface area contributed by atoms with E-state index in [0.717, 1.165) is 19.4 Å². The van der Waals surface area contributed by atoms with Gasteiger partial charge in [0.2, 0.25) is 5.91 Å². The zero-order valence-corrected chi connectivity index (χ0v) is 10.6. The first kappa shape index (κ1) is 12.8. The summed E-state index contributed by atoms with van der Waals surface area (Å²) in [6.07, 6.45) is 1.94. The third-order valence-electron chi connectivity index (χ3n) is 3.07. The largest absolute Gasteiger partial charge is 0.341 e. The van der Waals surface area contributed by atoms with Gasteiger partial charge in [0, 0.05) is 41.2 Å².